The lowest BCUT2D eigenvalue weighted by molar-refractivity contribution is 0.469. The van der Waals surface area contributed by atoms with Crippen molar-refractivity contribution in [3.63, 3.8) is 0 Å². The molecule has 0 aliphatic rings. The number of hydrogen-bond donors (Lipinski definition) is 2. The van der Waals surface area contributed by atoms with E-state index >= 15 is 0 Å². The normalized spacial score (nSPS) is 11.1. The standard InChI is InChI=1S/C18H15FN4OS/c1-2-4-12-5-3-6-14(16(12)24)11-20-23-17(21-22-18(23)25)13-7-9-15(19)10-8-13/h2-3,5-11,24H,1,4H2,(H,22,25). The van der Waals surface area contributed by atoms with E-state index in [4.69, 9.17) is 12.2 Å². The second-order valence-corrected chi connectivity index (χ2v) is 5.65. The van der Waals surface area contributed by atoms with Crippen LogP contribution in [0.2, 0.25) is 0 Å². The molecule has 0 saturated heterocycles. The Bertz CT molecular complexity index is 989. The van der Waals surface area contributed by atoms with Gasteiger partial charge in [0.05, 0.1) is 6.21 Å². The average Bonchev–Trinajstić information content (AvgIpc) is 2.97. The summed E-state index contributed by atoms with van der Waals surface area (Å²) in [4.78, 5) is 0. The van der Waals surface area contributed by atoms with Crippen molar-refractivity contribution in [3.05, 3.63) is 76.8 Å². The molecule has 3 rings (SSSR count). The van der Waals surface area contributed by atoms with Gasteiger partial charge in [-0.3, -0.25) is 0 Å². The van der Waals surface area contributed by atoms with Crippen LogP contribution in [0, 0.1) is 10.6 Å². The number of rotatable bonds is 5. The molecule has 126 valence electrons. The van der Waals surface area contributed by atoms with Crippen molar-refractivity contribution < 1.29 is 9.50 Å². The Balaban J connectivity index is 1.99. The van der Waals surface area contributed by atoms with Gasteiger partial charge >= 0.3 is 0 Å². The number of H-pyrrole nitrogens is 1. The predicted octanol–water partition coefficient (Wildman–Crippen LogP) is 4.06. The highest BCUT2D eigenvalue weighted by atomic mass is 32.1. The number of nitrogens with one attached hydrogen (secondary N) is 1. The zero-order valence-electron chi connectivity index (χ0n) is 13.2. The van der Waals surface area contributed by atoms with Crippen LogP contribution in [0.25, 0.3) is 11.4 Å². The molecule has 0 spiro atoms. The molecule has 7 heteroatoms. The first kappa shape index (κ1) is 16.8. The molecule has 0 atom stereocenters. The number of aromatic amines is 1. The van der Waals surface area contributed by atoms with E-state index in [0.29, 0.717) is 23.4 Å². The van der Waals surface area contributed by atoms with Gasteiger partial charge in [-0.1, -0.05) is 18.2 Å². The lowest BCUT2D eigenvalue weighted by Crippen LogP contribution is -1.96. The molecule has 0 radical (unpaired) electrons. The number of nitrogens with zero attached hydrogens (tertiary/aromatic N) is 3. The molecule has 1 aromatic heterocycles. The van der Waals surface area contributed by atoms with Crippen molar-refractivity contribution in [2.45, 2.75) is 6.42 Å². The Morgan fingerprint density at radius 3 is 2.76 bits per heavy atom. The van der Waals surface area contributed by atoms with Gasteiger partial charge in [0.1, 0.15) is 11.6 Å². The molecule has 0 aliphatic heterocycles. The lowest BCUT2D eigenvalue weighted by atomic mass is 10.1. The quantitative estimate of drug-likeness (QED) is 0.412. The summed E-state index contributed by atoms with van der Waals surface area (Å²) in [5, 5.41) is 21.4. The van der Waals surface area contributed by atoms with Crippen LogP contribution in [-0.4, -0.2) is 26.2 Å². The summed E-state index contributed by atoms with van der Waals surface area (Å²) < 4.78 is 14.8. The summed E-state index contributed by atoms with van der Waals surface area (Å²) in [6.07, 6.45) is 3.77. The maximum Gasteiger partial charge on any atom is 0.216 e. The van der Waals surface area contributed by atoms with E-state index in [1.54, 1.807) is 24.3 Å². The second kappa shape index (κ2) is 7.23. The van der Waals surface area contributed by atoms with Crippen molar-refractivity contribution >= 4 is 18.4 Å². The number of hydrogen-bond acceptors (Lipinski definition) is 4. The van der Waals surface area contributed by atoms with Gasteiger partial charge < -0.3 is 5.11 Å². The molecule has 0 aliphatic carbocycles. The highest BCUT2D eigenvalue weighted by Crippen LogP contribution is 2.22. The third-order valence-corrected chi connectivity index (χ3v) is 3.84. The number of phenolic OH excluding ortho intramolecular Hbond substituents is 1. The number of allylic oxidation sites excluding steroid dienone is 1. The number of benzene rings is 2. The molecule has 25 heavy (non-hydrogen) atoms. The van der Waals surface area contributed by atoms with Gasteiger partial charge in [0.2, 0.25) is 4.77 Å². The second-order valence-electron chi connectivity index (χ2n) is 5.26. The number of aromatic hydroxyl groups is 1. The first-order valence-corrected chi connectivity index (χ1v) is 7.90. The molecular formula is C18H15FN4OS. The van der Waals surface area contributed by atoms with Crippen LogP contribution in [0.4, 0.5) is 4.39 Å². The van der Waals surface area contributed by atoms with E-state index in [1.807, 2.05) is 12.1 Å². The summed E-state index contributed by atoms with van der Waals surface area (Å²) >= 11 is 5.20. The first-order valence-electron chi connectivity index (χ1n) is 7.49. The summed E-state index contributed by atoms with van der Waals surface area (Å²) in [6, 6.07) is 11.3. The number of halogens is 1. The Morgan fingerprint density at radius 1 is 1.28 bits per heavy atom. The minimum Gasteiger partial charge on any atom is -0.507 e. The number of aromatic nitrogens is 3. The molecule has 0 amide bonds. The molecule has 3 aromatic rings. The molecular weight excluding hydrogens is 339 g/mol. The monoisotopic (exact) mass is 354 g/mol. The SMILES string of the molecule is C=CCc1cccc(C=Nn2c(-c3ccc(F)cc3)n[nH]c2=S)c1O. The molecule has 2 N–H and O–H groups in total. The highest BCUT2D eigenvalue weighted by Gasteiger charge is 2.09. The van der Waals surface area contributed by atoms with Crippen LogP contribution in [0.15, 0.2) is 60.2 Å². The Morgan fingerprint density at radius 2 is 2.04 bits per heavy atom. The highest BCUT2D eigenvalue weighted by molar-refractivity contribution is 7.71. The lowest BCUT2D eigenvalue weighted by Gasteiger charge is -2.05. The Hall–Kier alpha value is -3.06. The van der Waals surface area contributed by atoms with Gasteiger partial charge in [-0.25, -0.2) is 9.49 Å². The summed E-state index contributed by atoms with van der Waals surface area (Å²) in [5.74, 6) is 0.254. The van der Waals surface area contributed by atoms with Crippen LogP contribution in [0.3, 0.4) is 0 Å². The third-order valence-electron chi connectivity index (χ3n) is 3.58. The summed E-state index contributed by atoms with van der Waals surface area (Å²) in [5.41, 5.74) is 1.97. The summed E-state index contributed by atoms with van der Waals surface area (Å²) in [7, 11) is 0. The smallest absolute Gasteiger partial charge is 0.216 e. The summed E-state index contributed by atoms with van der Waals surface area (Å²) in [6.45, 7) is 3.67. The van der Waals surface area contributed by atoms with Crippen molar-refractivity contribution in [1.82, 2.24) is 14.9 Å². The van der Waals surface area contributed by atoms with Crippen LogP contribution < -0.4 is 0 Å². The molecule has 0 saturated carbocycles. The molecule has 2 aromatic carbocycles. The van der Waals surface area contributed by atoms with Crippen molar-refractivity contribution in [1.29, 1.82) is 0 Å². The van der Waals surface area contributed by atoms with Crippen molar-refractivity contribution in [2.75, 3.05) is 0 Å². The van der Waals surface area contributed by atoms with E-state index in [0.717, 1.165) is 5.56 Å². The van der Waals surface area contributed by atoms with Crippen LogP contribution in [0.1, 0.15) is 11.1 Å². The number of para-hydroxylation sites is 1. The molecule has 5 nitrogen and oxygen atoms in total. The Labute approximate surface area is 148 Å². The van der Waals surface area contributed by atoms with Gasteiger partial charge in [-0.15, -0.1) is 6.58 Å². The molecule has 0 fully saturated rings. The number of phenols is 1. The minimum absolute atomic E-state index is 0.143. The van der Waals surface area contributed by atoms with E-state index < -0.39 is 0 Å². The zero-order valence-corrected chi connectivity index (χ0v) is 14.0. The Kier molecular flexibility index (Phi) is 4.85. The van der Waals surface area contributed by atoms with Crippen LogP contribution in [0.5, 0.6) is 5.75 Å². The maximum atomic E-state index is 13.1. The van der Waals surface area contributed by atoms with Crippen molar-refractivity contribution in [2.24, 2.45) is 5.10 Å². The minimum atomic E-state index is -0.336. The van der Waals surface area contributed by atoms with E-state index in [1.165, 1.54) is 23.0 Å². The molecule has 0 bridgehead atoms. The topological polar surface area (TPSA) is 66.2 Å². The van der Waals surface area contributed by atoms with Gasteiger partial charge in [0.15, 0.2) is 5.82 Å². The fourth-order valence-electron chi connectivity index (χ4n) is 2.34. The van der Waals surface area contributed by atoms with Gasteiger partial charge in [-0.2, -0.15) is 14.9 Å². The zero-order chi connectivity index (χ0) is 17.8. The van der Waals surface area contributed by atoms with Crippen molar-refractivity contribution in [3.8, 4) is 17.1 Å². The molecule has 0 unspecified atom stereocenters. The predicted molar refractivity (Wildman–Crippen MR) is 97.8 cm³/mol. The van der Waals surface area contributed by atoms with Crippen LogP contribution in [-0.2, 0) is 6.42 Å². The maximum absolute atomic E-state index is 13.1. The fourth-order valence-corrected chi connectivity index (χ4v) is 2.52. The van der Waals surface area contributed by atoms with Gasteiger partial charge in [0, 0.05) is 11.1 Å². The van der Waals surface area contributed by atoms with Crippen LogP contribution >= 0.6 is 12.2 Å². The van der Waals surface area contributed by atoms with E-state index in [-0.39, 0.29) is 16.3 Å². The van der Waals surface area contributed by atoms with E-state index in [9.17, 15) is 9.50 Å². The van der Waals surface area contributed by atoms with Gasteiger partial charge in [-0.05, 0) is 54.5 Å². The van der Waals surface area contributed by atoms with E-state index in [2.05, 4.69) is 21.9 Å². The van der Waals surface area contributed by atoms with Gasteiger partial charge in [0.25, 0.3) is 0 Å². The third kappa shape index (κ3) is 3.56. The fraction of sp³-hybridized carbons (Fsp3) is 0.0556. The first-order chi connectivity index (χ1) is 12.1. The largest absolute Gasteiger partial charge is 0.507 e. The molecule has 1 heterocycles. The average molecular weight is 354 g/mol.